The van der Waals surface area contributed by atoms with Gasteiger partial charge in [0.05, 0.1) is 40.1 Å². The Bertz CT molecular complexity index is 1270. The molecule has 1 unspecified atom stereocenters. The molecule has 1 amide bonds. The van der Waals surface area contributed by atoms with E-state index in [2.05, 4.69) is 15.2 Å². The van der Waals surface area contributed by atoms with Crippen molar-refractivity contribution in [3.05, 3.63) is 36.4 Å². The lowest BCUT2D eigenvalue weighted by atomic mass is 9.97. The minimum Gasteiger partial charge on any atom is -0.497 e. The van der Waals surface area contributed by atoms with E-state index in [1.54, 1.807) is 18.4 Å². The van der Waals surface area contributed by atoms with Crippen molar-refractivity contribution in [3.8, 4) is 11.5 Å². The summed E-state index contributed by atoms with van der Waals surface area (Å²) < 4.78 is 13.0. The fourth-order valence-corrected chi connectivity index (χ4v) is 5.87. The van der Waals surface area contributed by atoms with Crippen molar-refractivity contribution >= 4 is 59.3 Å². The van der Waals surface area contributed by atoms with Crippen molar-refractivity contribution in [1.29, 1.82) is 0 Å². The standard InChI is InChI=1S/C23H24N4O3S2/c1-3-30-16-7-9-17-19(12-16)31-22(24-17)26-21(28)14-5-4-10-27(13-14)23-25-18-8-6-15(29-2)11-20(18)32-23/h6-9,11-12,14H,3-5,10,13H2,1-2H3,(H,24,26,28). The van der Waals surface area contributed by atoms with E-state index < -0.39 is 0 Å². The Balaban J connectivity index is 1.29. The highest BCUT2D eigenvalue weighted by molar-refractivity contribution is 7.22. The molecule has 0 radical (unpaired) electrons. The lowest BCUT2D eigenvalue weighted by molar-refractivity contribution is -0.120. The fourth-order valence-electron chi connectivity index (χ4n) is 3.94. The number of amides is 1. The van der Waals surface area contributed by atoms with E-state index in [1.165, 1.54) is 11.3 Å². The van der Waals surface area contributed by atoms with Crippen molar-refractivity contribution < 1.29 is 14.3 Å². The Morgan fingerprint density at radius 2 is 1.88 bits per heavy atom. The molecule has 1 aliphatic rings. The van der Waals surface area contributed by atoms with Crippen LogP contribution in [-0.2, 0) is 4.79 Å². The van der Waals surface area contributed by atoms with Gasteiger partial charge in [0.25, 0.3) is 0 Å². The molecule has 0 saturated carbocycles. The zero-order valence-electron chi connectivity index (χ0n) is 18.0. The smallest absolute Gasteiger partial charge is 0.231 e. The van der Waals surface area contributed by atoms with Crippen LogP contribution in [0.15, 0.2) is 36.4 Å². The Morgan fingerprint density at radius 1 is 1.12 bits per heavy atom. The molecule has 1 N–H and O–H groups in total. The highest BCUT2D eigenvalue weighted by Crippen LogP contribution is 2.34. The second-order valence-corrected chi connectivity index (χ2v) is 9.73. The third kappa shape index (κ3) is 4.22. The van der Waals surface area contributed by atoms with Gasteiger partial charge in [-0.2, -0.15) is 0 Å². The van der Waals surface area contributed by atoms with Crippen molar-refractivity contribution in [2.45, 2.75) is 19.8 Å². The first-order valence-electron chi connectivity index (χ1n) is 10.7. The minimum absolute atomic E-state index is 0.0153. The molecule has 1 fully saturated rings. The number of nitrogens with zero attached hydrogens (tertiary/aromatic N) is 3. The SMILES string of the molecule is CCOc1ccc2nc(NC(=O)C3CCCN(c4nc5ccc(OC)cc5s4)C3)sc2c1. The summed E-state index contributed by atoms with van der Waals surface area (Å²) in [6, 6.07) is 11.7. The Labute approximate surface area is 194 Å². The number of methoxy groups -OCH3 is 1. The maximum absolute atomic E-state index is 13.0. The fraction of sp³-hybridized carbons (Fsp3) is 0.348. The number of carbonyl (C=O) groups is 1. The van der Waals surface area contributed by atoms with E-state index in [0.29, 0.717) is 18.3 Å². The average molecular weight is 469 g/mol. The highest BCUT2D eigenvalue weighted by Gasteiger charge is 2.28. The molecule has 2 aromatic carbocycles. The average Bonchev–Trinajstić information content (AvgIpc) is 3.42. The third-order valence-corrected chi connectivity index (χ3v) is 7.56. The first-order valence-corrected chi connectivity index (χ1v) is 12.3. The second kappa shape index (κ2) is 8.91. The first kappa shape index (κ1) is 21.0. The lowest BCUT2D eigenvalue weighted by Gasteiger charge is -2.31. The third-order valence-electron chi connectivity index (χ3n) is 5.55. The monoisotopic (exact) mass is 468 g/mol. The second-order valence-electron chi connectivity index (χ2n) is 7.69. The molecule has 9 heteroatoms. The van der Waals surface area contributed by atoms with Gasteiger partial charge in [0, 0.05) is 13.1 Å². The molecule has 7 nitrogen and oxygen atoms in total. The van der Waals surface area contributed by atoms with E-state index in [0.717, 1.165) is 56.5 Å². The number of piperidine rings is 1. The van der Waals surface area contributed by atoms with E-state index in [9.17, 15) is 4.79 Å². The van der Waals surface area contributed by atoms with Crippen LogP contribution < -0.4 is 19.7 Å². The number of anilines is 2. The topological polar surface area (TPSA) is 76.6 Å². The van der Waals surface area contributed by atoms with Crippen LogP contribution in [0.5, 0.6) is 11.5 Å². The summed E-state index contributed by atoms with van der Waals surface area (Å²) in [6.45, 7) is 4.14. The van der Waals surface area contributed by atoms with E-state index in [-0.39, 0.29) is 11.8 Å². The van der Waals surface area contributed by atoms with Gasteiger partial charge in [0.1, 0.15) is 11.5 Å². The number of benzene rings is 2. The highest BCUT2D eigenvalue weighted by atomic mass is 32.1. The normalized spacial score (nSPS) is 16.4. The number of hydrogen-bond donors (Lipinski definition) is 1. The largest absolute Gasteiger partial charge is 0.497 e. The number of carbonyl (C=O) groups excluding carboxylic acids is 1. The number of thiazole rings is 2. The summed E-state index contributed by atoms with van der Waals surface area (Å²) in [5, 5.41) is 4.61. The Morgan fingerprint density at radius 3 is 2.69 bits per heavy atom. The molecular formula is C23H24N4O3S2. The van der Waals surface area contributed by atoms with Crippen LogP contribution in [0.1, 0.15) is 19.8 Å². The molecule has 5 rings (SSSR count). The van der Waals surface area contributed by atoms with Crippen LogP contribution in [0.3, 0.4) is 0 Å². The number of ether oxygens (including phenoxy) is 2. The molecule has 2 aromatic heterocycles. The molecule has 0 aliphatic carbocycles. The predicted octanol–water partition coefficient (Wildman–Crippen LogP) is 5.17. The van der Waals surface area contributed by atoms with Crippen molar-refractivity contribution in [1.82, 2.24) is 9.97 Å². The van der Waals surface area contributed by atoms with Crippen LogP contribution in [0.2, 0.25) is 0 Å². The molecule has 166 valence electrons. The Hall–Kier alpha value is -2.91. The molecule has 3 heterocycles. The number of fused-ring (bicyclic) bond motifs is 2. The number of aromatic nitrogens is 2. The maximum Gasteiger partial charge on any atom is 0.231 e. The molecule has 1 saturated heterocycles. The summed E-state index contributed by atoms with van der Waals surface area (Å²) in [6.07, 6.45) is 1.81. The Kier molecular flexibility index (Phi) is 5.84. The molecule has 0 spiro atoms. The van der Waals surface area contributed by atoms with Crippen LogP contribution in [0.4, 0.5) is 10.3 Å². The summed E-state index contributed by atoms with van der Waals surface area (Å²) >= 11 is 3.11. The van der Waals surface area contributed by atoms with Gasteiger partial charge in [0.15, 0.2) is 10.3 Å². The van der Waals surface area contributed by atoms with Gasteiger partial charge < -0.3 is 19.7 Å². The molecule has 32 heavy (non-hydrogen) atoms. The minimum atomic E-state index is -0.101. The lowest BCUT2D eigenvalue weighted by Crippen LogP contribution is -2.40. The summed E-state index contributed by atoms with van der Waals surface area (Å²) in [5.74, 6) is 1.56. The summed E-state index contributed by atoms with van der Waals surface area (Å²) in [5.41, 5.74) is 1.82. The molecule has 0 bridgehead atoms. The van der Waals surface area contributed by atoms with Crippen molar-refractivity contribution in [2.24, 2.45) is 5.92 Å². The van der Waals surface area contributed by atoms with Gasteiger partial charge in [-0.1, -0.05) is 22.7 Å². The van der Waals surface area contributed by atoms with Crippen LogP contribution in [0.25, 0.3) is 20.4 Å². The van der Waals surface area contributed by atoms with Gasteiger partial charge in [0.2, 0.25) is 5.91 Å². The summed E-state index contributed by atoms with van der Waals surface area (Å²) in [7, 11) is 1.67. The molecule has 4 aromatic rings. The summed E-state index contributed by atoms with van der Waals surface area (Å²) in [4.78, 5) is 24.6. The zero-order valence-corrected chi connectivity index (χ0v) is 19.6. The molecule has 1 atom stereocenters. The maximum atomic E-state index is 13.0. The number of hydrogen-bond acceptors (Lipinski definition) is 8. The predicted molar refractivity (Wildman–Crippen MR) is 131 cm³/mol. The van der Waals surface area contributed by atoms with Gasteiger partial charge in [-0.05, 0) is 56.2 Å². The number of nitrogens with one attached hydrogen (secondary N) is 1. The zero-order chi connectivity index (χ0) is 22.1. The first-order chi connectivity index (χ1) is 15.6. The van der Waals surface area contributed by atoms with E-state index in [4.69, 9.17) is 14.5 Å². The number of rotatable bonds is 6. The van der Waals surface area contributed by atoms with Crippen LogP contribution in [0, 0.1) is 5.92 Å². The van der Waals surface area contributed by atoms with Crippen molar-refractivity contribution in [2.75, 3.05) is 37.0 Å². The molecular weight excluding hydrogens is 444 g/mol. The quantitative estimate of drug-likeness (QED) is 0.421. The van der Waals surface area contributed by atoms with Crippen molar-refractivity contribution in [3.63, 3.8) is 0 Å². The van der Waals surface area contributed by atoms with Gasteiger partial charge in [-0.15, -0.1) is 0 Å². The van der Waals surface area contributed by atoms with E-state index in [1.807, 2.05) is 43.3 Å². The van der Waals surface area contributed by atoms with Crippen LogP contribution in [-0.4, -0.2) is 42.7 Å². The van der Waals surface area contributed by atoms with Gasteiger partial charge in [-0.3, -0.25) is 4.79 Å². The van der Waals surface area contributed by atoms with E-state index >= 15 is 0 Å². The van der Waals surface area contributed by atoms with Gasteiger partial charge in [-0.25, -0.2) is 9.97 Å². The molecule has 1 aliphatic heterocycles. The van der Waals surface area contributed by atoms with Crippen LogP contribution >= 0.6 is 22.7 Å². The van der Waals surface area contributed by atoms with Gasteiger partial charge >= 0.3 is 0 Å².